The molecule has 1 aromatic carbocycles. The van der Waals surface area contributed by atoms with E-state index in [1.54, 1.807) is 12.1 Å². The quantitative estimate of drug-likeness (QED) is 0.784. The molecule has 4 rings (SSSR count). The number of piperidine rings is 1. The zero-order chi connectivity index (χ0) is 22.2. The molecule has 168 valence electrons. The molecule has 2 heterocycles. The van der Waals surface area contributed by atoms with Crippen molar-refractivity contribution in [2.75, 3.05) is 37.7 Å². The van der Waals surface area contributed by atoms with Gasteiger partial charge in [-0.05, 0) is 43.4 Å². The van der Waals surface area contributed by atoms with Crippen molar-refractivity contribution in [2.24, 2.45) is 17.3 Å². The molecule has 5 nitrogen and oxygen atoms in total. The number of carbonyl (C=O) groups excluding carboxylic acids is 1. The summed E-state index contributed by atoms with van der Waals surface area (Å²) in [6.45, 7) is 1.91. The van der Waals surface area contributed by atoms with Crippen LogP contribution in [0.15, 0.2) is 18.2 Å². The zero-order valence-electron chi connectivity index (χ0n) is 17.5. The Morgan fingerprint density at radius 2 is 1.94 bits per heavy atom. The number of likely N-dealkylation sites (tertiary alicyclic amines) is 1. The number of aliphatic hydroxyl groups is 1. The molecule has 1 amide bonds. The average molecular weight is 435 g/mol. The minimum absolute atomic E-state index is 0.0615. The molecule has 0 radical (unpaired) electrons. The number of carbonyl (C=O) groups is 1. The number of alkyl halides is 3. The molecule has 0 bridgehead atoms. The first-order valence-electron chi connectivity index (χ1n) is 11.0. The third-order valence-corrected chi connectivity index (χ3v) is 7.44. The molecule has 1 aliphatic carbocycles. The molecule has 1 aromatic rings. The van der Waals surface area contributed by atoms with Gasteiger partial charge in [-0.3, -0.25) is 4.79 Å². The van der Waals surface area contributed by atoms with Crippen LogP contribution in [-0.2, 0) is 11.0 Å². The van der Waals surface area contributed by atoms with E-state index in [1.807, 2.05) is 9.80 Å². The molecule has 1 saturated carbocycles. The van der Waals surface area contributed by atoms with Gasteiger partial charge in [0.15, 0.2) is 0 Å². The number of hydrogen-bond acceptors (Lipinski definition) is 4. The maximum Gasteiger partial charge on any atom is 0.417 e. The second-order valence-electron chi connectivity index (χ2n) is 9.32. The Kier molecular flexibility index (Phi) is 5.91. The molecule has 0 aromatic heterocycles. The summed E-state index contributed by atoms with van der Waals surface area (Å²) in [5, 5.41) is 19.3. The minimum Gasteiger partial charge on any atom is -0.396 e. The Labute approximate surface area is 180 Å². The van der Waals surface area contributed by atoms with E-state index in [0.29, 0.717) is 31.9 Å². The van der Waals surface area contributed by atoms with Crippen LogP contribution in [0.4, 0.5) is 18.9 Å². The van der Waals surface area contributed by atoms with E-state index in [1.165, 1.54) is 12.5 Å². The Hall–Kier alpha value is -2.27. The highest BCUT2D eigenvalue weighted by atomic mass is 19.4. The van der Waals surface area contributed by atoms with Crippen molar-refractivity contribution >= 4 is 11.6 Å². The molecule has 0 unspecified atom stereocenters. The highest BCUT2D eigenvalue weighted by Gasteiger charge is 2.51. The first-order valence-corrected chi connectivity index (χ1v) is 11.0. The lowest BCUT2D eigenvalue weighted by atomic mass is 9.73. The monoisotopic (exact) mass is 435 g/mol. The fraction of sp³-hybridized carbons (Fsp3) is 0.652. The first kappa shape index (κ1) is 21.9. The largest absolute Gasteiger partial charge is 0.417 e. The number of nitriles is 1. The van der Waals surface area contributed by atoms with E-state index < -0.39 is 22.7 Å². The molecular formula is C23H28F3N3O2. The molecule has 2 atom stereocenters. The molecule has 3 aliphatic rings. The molecule has 2 saturated heterocycles. The highest BCUT2D eigenvalue weighted by Crippen LogP contribution is 2.45. The second-order valence-corrected chi connectivity index (χ2v) is 9.32. The van der Waals surface area contributed by atoms with E-state index in [4.69, 9.17) is 5.26 Å². The van der Waals surface area contributed by atoms with Gasteiger partial charge in [0, 0.05) is 43.2 Å². The number of halogens is 3. The maximum atomic E-state index is 13.4. The van der Waals surface area contributed by atoms with Crippen molar-refractivity contribution in [3.8, 4) is 6.07 Å². The predicted octanol–water partition coefficient (Wildman–Crippen LogP) is 3.80. The van der Waals surface area contributed by atoms with Crippen LogP contribution >= 0.6 is 0 Å². The van der Waals surface area contributed by atoms with Gasteiger partial charge in [-0.15, -0.1) is 0 Å². The topological polar surface area (TPSA) is 67.6 Å². The summed E-state index contributed by atoms with van der Waals surface area (Å²) in [7, 11) is 0. The Balaban J connectivity index is 1.54. The van der Waals surface area contributed by atoms with Crippen LogP contribution in [0.25, 0.3) is 0 Å². The van der Waals surface area contributed by atoms with Crippen LogP contribution in [-0.4, -0.2) is 48.7 Å². The summed E-state index contributed by atoms with van der Waals surface area (Å²) in [6, 6.07) is 5.40. The summed E-state index contributed by atoms with van der Waals surface area (Å²) < 4.78 is 40.2. The normalized spacial score (nSPS) is 27.1. The Morgan fingerprint density at radius 1 is 1.19 bits per heavy atom. The molecule has 2 aliphatic heterocycles. The summed E-state index contributed by atoms with van der Waals surface area (Å²) in [5.74, 6) is 0.339. The van der Waals surface area contributed by atoms with Gasteiger partial charge in [0.1, 0.15) is 0 Å². The maximum absolute atomic E-state index is 13.4. The van der Waals surface area contributed by atoms with E-state index in [0.717, 1.165) is 38.2 Å². The summed E-state index contributed by atoms with van der Waals surface area (Å²) in [5.41, 5.74) is -1.46. The number of anilines is 1. The van der Waals surface area contributed by atoms with Gasteiger partial charge in [-0.2, -0.15) is 18.4 Å². The van der Waals surface area contributed by atoms with Crippen molar-refractivity contribution in [3.63, 3.8) is 0 Å². The Bertz CT molecular complexity index is 876. The van der Waals surface area contributed by atoms with Crippen molar-refractivity contribution in [1.29, 1.82) is 5.26 Å². The minimum atomic E-state index is -4.61. The van der Waals surface area contributed by atoms with Crippen LogP contribution < -0.4 is 4.90 Å². The lowest BCUT2D eigenvalue weighted by molar-refractivity contribution is -0.142. The molecule has 31 heavy (non-hydrogen) atoms. The number of rotatable bonds is 3. The fourth-order valence-electron chi connectivity index (χ4n) is 5.66. The molecule has 3 fully saturated rings. The SMILES string of the molecule is N#Cc1ccc(N2C[C@@H]3CCN(C(=O)C4CCCCC4)C[C@]3(CO)C2)cc1C(F)(F)F. The fourth-order valence-corrected chi connectivity index (χ4v) is 5.66. The van der Waals surface area contributed by atoms with Crippen LogP contribution in [0.3, 0.4) is 0 Å². The van der Waals surface area contributed by atoms with Crippen LogP contribution in [0, 0.1) is 28.6 Å². The molecule has 8 heteroatoms. The van der Waals surface area contributed by atoms with Crippen molar-refractivity contribution in [1.82, 2.24) is 4.90 Å². The summed E-state index contributed by atoms with van der Waals surface area (Å²) in [4.78, 5) is 16.8. The van der Waals surface area contributed by atoms with E-state index in [2.05, 4.69) is 0 Å². The van der Waals surface area contributed by atoms with Crippen LogP contribution in [0.5, 0.6) is 0 Å². The van der Waals surface area contributed by atoms with Gasteiger partial charge >= 0.3 is 6.18 Å². The lowest BCUT2D eigenvalue weighted by Crippen LogP contribution is -2.54. The number of benzene rings is 1. The molecular weight excluding hydrogens is 407 g/mol. The number of nitrogens with zero attached hydrogens (tertiary/aromatic N) is 3. The smallest absolute Gasteiger partial charge is 0.396 e. The van der Waals surface area contributed by atoms with Gasteiger partial charge in [-0.1, -0.05) is 19.3 Å². The van der Waals surface area contributed by atoms with Crippen LogP contribution in [0.2, 0.25) is 0 Å². The third-order valence-electron chi connectivity index (χ3n) is 7.44. The Morgan fingerprint density at radius 3 is 2.58 bits per heavy atom. The van der Waals surface area contributed by atoms with Gasteiger partial charge in [0.2, 0.25) is 5.91 Å². The summed E-state index contributed by atoms with van der Waals surface area (Å²) in [6.07, 6.45) is 1.29. The zero-order valence-corrected chi connectivity index (χ0v) is 17.5. The average Bonchev–Trinajstić information content (AvgIpc) is 3.17. The molecule has 1 N–H and O–H groups in total. The van der Waals surface area contributed by atoms with Crippen molar-refractivity contribution < 1.29 is 23.1 Å². The number of amides is 1. The third kappa shape index (κ3) is 4.12. The van der Waals surface area contributed by atoms with Crippen LogP contribution in [0.1, 0.15) is 49.7 Å². The lowest BCUT2D eigenvalue weighted by Gasteiger charge is -2.44. The predicted molar refractivity (Wildman–Crippen MR) is 109 cm³/mol. The molecule has 0 spiro atoms. The van der Waals surface area contributed by atoms with Gasteiger partial charge in [-0.25, -0.2) is 0 Å². The van der Waals surface area contributed by atoms with E-state index in [-0.39, 0.29) is 24.3 Å². The van der Waals surface area contributed by atoms with Gasteiger partial charge in [0.05, 0.1) is 23.8 Å². The van der Waals surface area contributed by atoms with E-state index >= 15 is 0 Å². The highest BCUT2D eigenvalue weighted by molar-refractivity contribution is 5.79. The van der Waals surface area contributed by atoms with Crippen molar-refractivity contribution in [3.05, 3.63) is 29.3 Å². The number of hydrogen-bond donors (Lipinski definition) is 1. The van der Waals surface area contributed by atoms with Gasteiger partial charge in [0.25, 0.3) is 0 Å². The number of fused-ring (bicyclic) bond motifs is 1. The van der Waals surface area contributed by atoms with E-state index in [9.17, 15) is 23.1 Å². The first-order chi connectivity index (χ1) is 14.8. The second kappa shape index (κ2) is 8.34. The van der Waals surface area contributed by atoms with Crippen molar-refractivity contribution in [2.45, 2.75) is 44.7 Å². The number of aliphatic hydroxyl groups excluding tert-OH is 1. The summed E-state index contributed by atoms with van der Waals surface area (Å²) >= 11 is 0. The van der Waals surface area contributed by atoms with Gasteiger partial charge < -0.3 is 14.9 Å². The standard InChI is InChI=1S/C23H28F3N3O2/c24-23(25,26)20-10-19(7-6-17(20)11-27)29-12-18-8-9-28(13-22(18,14-29)15-30)21(31)16-4-2-1-3-5-16/h6-7,10,16,18,30H,1-5,8-9,12-15H2/t18-,22+/m0/s1.